The van der Waals surface area contributed by atoms with Crippen LogP contribution in [0, 0.1) is 0 Å². The Balaban J connectivity index is 1.13. The fourth-order valence-electron chi connectivity index (χ4n) is 4.18. The highest BCUT2D eigenvalue weighted by atomic mass is 32.1. The number of carbonyl (C=O) groups is 1. The summed E-state index contributed by atoms with van der Waals surface area (Å²) in [6, 6.07) is 19.8. The molecule has 1 fully saturated rings. The summed E-state index contributed by atoms with van der Waals surface area (Å²) in [6.07, 6.45) is 2.72. The first-order valence-electron chi connectivity index (χ1n) is 12.0. The number of aromatic nitrogens is 2. The van der Waals surface area contributed by atoms with Crippen LogP contribution < -0.4 is 10.6 Å². The van der Waals surface area contributed by atoms with Crippen LogP contribution in [-0.4, -0.2) is 72.0 Å². The third kappa shape index (κ3) is 6.03. The van der Waals surface area contributed by atoms with Crippen molar-refractivity contribution < 1.29 is 4.79 Å². The molecule has 1 saturated heterocycles. The van der Waals surface area contributed by atoms with E-state index in [0.29, 0.717) is 18.1 Å². The number of fused-ring (bicyclic) bond motifs is 1. The monoisotopic (exact) mass is 486 g/mol. The maximum absolute atomic E-state index is 12.5. The van der Waals surface area contributed by atoms with E-state index in [1.165, 1.54) is 10.1 Å². The number of hydrogen-bond acceptors (Lipinski definition) is 7. The van der Waals surface area contributed by atoms with Crippen LogP contribution in [0.1, 0.15) is 16.8 Å². The van der Waals surface area contributed by atoms with Crippen LogP contribution in [0.25, 0.3) is 20.7 Å². The Morgan fingerprint density at radius 3 is 2.63 bits per heavy atom. The summed E-state index contributed by atoms with van der Waals surface area (Å²) in [4.78, 5) is 27.5. The number of hydrogen-bond donors (Lipinski definition) is 2. The number of benzene rings is 2. The highest BCUT2D eigenvalue weighted by molar-refractivity contribution is 7.22. The van der Waals surface area contributed by atoms with Gasteiger partial charge in [0.1, 0.15) is 0 Å². The summed E-state index contributed by atoms with van der Waals surface area (Å²) in [5.41, 5.74) is 2.37. The summed E-state index contributed by atoms with van der Waals surface area (Å²) >= 11 is 1.72. The summed E-state index contributed by atoms with van der Waals surface area (Å²) in [5.74, 6) is 0.485. The molecule has 2 N–H and O–H groups in total. The van der Waals surface area contributed by atoms with Gasteiger partial charge in [0.15, 0.2) is 0 Å². The topological polar surface area (TPSA) is 73.4 Å². The Morgan fingerprint density at radius 2 is 1.83 bits per heavy atom. The van der Waals surface area contributed by atoms with Crippen molar-refractivity contribution in [3.05, 3.63) is 72.4 Å². The smallest absolute Gasteiger partial charge is 0.251 e. The molecule has 3 heterocycles. The fraction of sp³-hybridized carbons (Fsp3) is 0.296. The van der Waals surface area contributed by atoms with Gasteiger partial charge >= 0.3 is 0 Å². The molecule has 0 radical (unpaired) electrons. The van der Waals surface area contributed by atoms with Gasteiger partial charge in [0.2, 0.25) is 5.95 Å². The predicted molar refractivity (Wildman–Crippen MR) is 143 cm³/mol. The van der Waals surface area contributed by atoms with Crippen molar-refractivity contribution in [3.8, 4) is 10.6 Å². The van der Waals surface area contributed by atoms with Crippen molar-refractivity contribution in [2.24, 2.45) is 0 Å². The first-order chi connectivity index (χ1) is 17.1. The van der Waals surface area contributed by atoms with Crippen molar-refractivity contribution in [2.45, 2.75) is 6.42 Å². The van der Waals surface area contributed by atoms with Gasteiger partial charge in [-0.15, -0.1) is 11.3 Å². The maximum Gasteiger partial charge on any atom is 0.251 e. The molecule has 2 aromatic carbocycles. The highest BCUT2D eigenvalue weighted by Gasteiger charge is 2.13. The average Bonchev–Trinajstić information content (AvgIpc) is 3.33. The molecule has 0 unspecified atom stereocenters. The lowest BCUT2D eigenvalue weighted by atomic mass is 10.2. The molecule has 0 atom stereocenters. The van der Waals surface area contributed by atoms with E-state index in [0.717, 1.165) is 55.4 Å². The summed E-state index contributed by atoms with van der Waals surface area (Å²) in [7, 11) is 2.16. The van der Waals surface area contributed by atoms with E-state index in [1.807, 2.05) is 42.5 Å². The number of nitrogens with one attached hydrogen (secondary N) is 2. The van der Waals surface area contributed by atoms with Gasteiger partial charge in [0.25, 0.3) is 5.91 Å². The van der Waals surface area contributed by atoms with Crippen LogP contribution in [-0.2, 0) is 0 Å². The van der Waals surface area contributed by atoms with Crippen LogP contribution in [0.3, 0.4) is 0 Å². The van der Waals surface area contributed by atoms with Crippen molar-refractivity contribution in [1.29, 1.82) is 0 Å². The van der Waals surface area contributed by atoms with E-state index in [1.54, 1.807) is 17.5 Å². The molecular weight excluding hydrogens is 456 g/mol. The van der Waals surface area contributed by atoms with Crippen molar-refractivity contribution in [2.75, 3.05) is 51.6 Å². The van der Waals surface area contributed by atoms with E-state index in [9.17, 15) is 4.79 Å². The molecule has 2 aromatic heterocycles. The van der Waals surface area contributed by atoms with Gasteiger partial charge in [-0.2, -0.15) is 0 Å². The molecule has 35 heavy (non-hydrogen) atoms. The van der Waals surface area contributed by atoms with E-state index in [-0.39, 0.29) is 5.91 Å². The summed E-state index contributed by atoms with van der Waals surface area (Å²) < 4.78 is 1.24. The molecule has 7 nitrogen and oxygen atoms in total. The SMILES string of the molecule is CN1CCN(CCCNC(=O)c2ccc(Nc3nccc(-c4cc5ccccc5s4)n3)cc2)CC1. The number of nitrogens with zero attached hydrogens (tertiary/aromatic N) is 4. The first kappa shape index (κ1) is 23.4. The Hall–Kier alpha value is -3.33. The predicted octanol–water partition coefficient (Wildman–Crippen LogP) is 4.47. The fourth-order valence-corrected chi connectivity index (χ4v) is 5.21. The van der Waals surface area contributed by atoms with E-state index < -0.39 is 0 Å². The van der Waals surface area contributed by atoms with Gasteiger partial charge in [-0.05, 0) is 67.9 Å². The van der Waals surface area contributed by atoms with Crippen LogP contribution in [0.5, 0.6) is 0 Å². The van der Waals surface area contributed by atoms with Crippen LogP contribution in [0.2, 0.25) is 0 Å². The van der Waals surface area contributed by atoms with Crippen molar-refractivity contribution >= 4 is 39.0 Å². The molecule has 4 aromatic rings. The number of piperazine rings is 1. The number of likely N-dealkylation sites (N-methyl/N-ethyl adjacent to an activating group) is 1. The van der Waals surface area contributed by atoms with Gasteiger partial charge in [-0.3, -0.25) is 4.79 Å². The molecule has 0 bridgehead atoms. The number of anilines is 2. The Kier molecular flexibility index (Phi) is 7.32. The maximum atomic E-state index is 12.5. The van der Waals surface area contributed by atoms with Gasteiger partial charge in [0, 0.05) is 54.9 Å². The Morgan fingerprint density at radius 1 is 1.03 bits per heavy atom. The second kappa shape index (κ2) is 10.9. The van der Waals surface area contributed by atoms with Gasteiger partial charge in [-0.25, -0.2) is 9.97 Å². The molecule has 180 valence electrons. The zero-order valence-corrected chi connectivity index (χ0v) is 20.7. The minimum atomic E-state index is -0.0436. The first-order valence-corrected chi connectivity index (χ1v) is 12.8. The minimum absolute atomic E-state index is 0.0436. The lowest BCUT2D eigenvalue weighted by Crippen LogP contribution is -2.45. The lowest BCUT2D eigenvalue weighted by Gasteiger charge is -2.32. The normalized spacial score (nSPS) is 14.8. The van der Waals surface area contributed by atoms with E-state index in [2.05, 4.69) is 55.6 Å². The van der Waals surface area contributed by atoms with Gasteiger partial charge in [0.05, 0.1) is 10.6 Å². The third-order valence-corrected chi connectivity index (χ3v) is 7.41. The number of thiophene rings is 1. The highest BCUT2D eigenvalue weighted by Crippen LogP contribution is 2.32. The molecule has 1 aliphatic rings. The van der Waals surface area contributed by atoms with Crippen LogP contribution in [0.4, 0.5) is 11.6 Å². The Labute approximate surface area is 209 Å². The molecular formula is C27H30N6OS. The van der Waals surface area contributed by atoms with Crippen molar-refractivity contribution in [3.63, 3.8) is 0 Å². The molecule has 0 saturated carbocycles. The van der Waals surface area contributed by atoms with Crippen molar-refractivity contribution in [1.82, 2.24) is 25.1 Å². The zero-order valence-electron chi connectivity index (χ0n) is 19.9. The van der Waals surface area contributed by atoms with Gasteiger partial charge < -0.3 is 20.4 Å². The zero-order chi connectivity index (χ0) is 24.0. The molecule has 1 aliphatic heterocycles. The quantitative estimate of drug-likeness (QED) is 0.358. The molecule has 0 aliphatic carbocycles. The third-order valence-electron chi connectivity index (χ3n) is 6.27. The molecule has 8 heteroatoms. The Bertz CT molecular complexity index is 1250. The van der Waals surface area contributed by atoms with E-state index in [4.69, 9.17) is 0 Å². The number of amides is 1. The second-order valence-corrected chi connectivity index (χ2v) is 9.95. The number of carbonyl (C=O) groups excluding carboxylic acids is 1. The van der Waals surface area contributed by atoms with E-state index >= 15 is 0 Å². The largest absolute Gasteiger partial charge is 0.352 e. The summed E-state index contributed by atoms with van der Waals surface area (Å²) in [5, 5.41) is 7.50. The molecule has 0 spiro atoms. The second-order valence-electron chi connectivity index (χ2n) is 8.87. The van der Waals surface area contributed by atoms with Crippen LogP contribution >= 0.6 is 11.3 Å². The standard InChI is InChI=1S/C27H30N6OS/c1-32-15-17-33(18-16-32)14-4-12-28-26(34)20-7-9-22(10-8-20)30-27-29-13-11-23(31-27)25-19-21-5-2-3-6-24(21)35-25/h2-3,5-11,13,19H,4,12,14-18H2,1H3,(H,28,34)(H,29,30,31). The number of rotatable bonds is 8. The average molecular weight is 487 g/mol. The summed E-state index contributed by atoms with van der Waals surface area (Å²) in [6.45, 7) is 6.16. The lowest BCUT2D eigenvalue weighted by molar-refractivity contribution is 0.0949. The van der Waals surface area contributed by atoms with Crippen LogP contribution in [0.15, 0.2) is 66.9 Å². The molecule has 1 amide bonds. The molecule has 5 rings (SSSR count). The van der Waals surface area contributed by atoms with Gasteiger partial charge in [-0.1, -0.05) is 18.2 Å². The minimum Gasteiger partial charge on any atom is -0.352 e.